The molecule has 0 radical (unpaired) electrons. The highest BCUT2D eigenvalue weighted by molar-refractivity contribution is 5.33. The molecule has 2 rings (SSSR count). The van der Waals surface area contributed by atoms with Gasteiger partial charge in [0.05, 0.1) is 0 Å². The van der Waals surface area contributed by atoms with Gasteiger partial charge in [-0.2, -0.15) is 0 Å². The second-order valence-corrected chi connectivity index (χ2v) is 6.21. The summed E-state index contributed by atoms with van der Waals surface area (Å²) >= 11 is 0. The molecule has 100 valence electrons. The zero-order valence-corrected chi connectivity index (χ0v) is 12.2. The van der Waals surface area contributed by atoms with Crippen LogP contribution in [0.5, 0.6) is 0 Å². The van der Waals surface area contributed by atoms with Gasteiger partial charge in [-0.05, 0) is 74.8 Å². The normalized spacial score (nSPS) is 18.0. The van der Waals surface area contributed by atoms with Crippen LogP contribution >= 0.6 is 0 Å². The van der Waals surface area contributed by atoms with E-state index < -0.39 is 0 Å². The van der Waals surface area contributed by atoms with Gasteiger partial charge in [0, 0.05) is 0 Å². The molecule has 1 heteroatoms. The minimum absolute atomic E-state index is 0.755. The Hall–Kier alpha value is -0.820. The van der Waals surface area contributed by atoms with Gasteiger partial charge >= 0.3 is 0 Å². The Bertz CT molecular complexity index is 381. The van der Waals surface area contributed by atoms with E-state index in [1.165, 1.54) is 50.8 Å². The second kappa shape index (κ2) is 6.38. The van der Waals surface area contributed by atoms with Gasteiger partial charge in [-0.1, -0.05) is 32.0 Å². The number of aryl methyl sites for hydroxylation is 2. The Labute approximate surface area is 112 Å². The van der Waals surface area contributed by atoms with Crippen molar-refractivity contribution in [1.29, 1.82) is 0 Å². The van der Waals surface area contributed by atoms with Gasteiger partial charge in [0.25, 0.3) is 0 Å². The summed E-state index contributed by atoms with van der Waals surface area (Å²) in [6.45, 7) is 7.09. The zero-order chi connectivity index (χ0) is 13.0. The van der Waals surface area contributed by atoms with Crippen LogP contribution in [0.25, 0.3) is 0 Å². The average Bonchev–Trinajstić information content (AvgIpc) is 2.38. The summed E-state index contributed by atoms with van der Waals surface area (Å²) in [5, 5.41) is 0. The molecule has 0 saturated heterocycles. The molecular formula is C17H27N. The summed E-state index contributed by atoms with van der Waals surface area (Å²) in [5.41, 5.74) is 4.73. The average molecular weight is 245 g/mol. The number of hydrogen-bond acceptors (Lipinski definition) is 1. The van der Waals surface area contributed by atoms with Gasteiger partial charge in [0.1, 0.15) is 0 Å². The van der Waals surface area contributed by atoms with Crippen molar-refractivity contribution in [1.82, 2.24) is 4.90 Å². The third kappa shape index (κ3) is 3.84. The third-order valence-corrected chi connectivity index (χ3v) is 3.89. The van der Waals surface area contributed by atoms with Crippen LogP contribution < -0.4 is 0 Å². The topological polar surface area (TPSA) is 3.24 Å². The molecule has 0 fully saturated rings. The van der Waals surface area contributed by atoms with Crippen molar-refractivity contribution < 1.29 is 0 Å². The molecule has 1 aliphatic rings. The minimum Gasteiger partial charge on any atom is -0.306 e. The van der Waals surface area contributed by atoms with Crippen molar-refractivity contribution in [3.8, 4) is 0 Å². The van der Waals surface area contributed by atoms with E-state index in [4.69, 9.17) is 0 Å². The molecular weight excluding hydrogens is 218 g/mol. The first-order valence-corrected chi connectivity index (χ1v) is 7.44. The molecule has 0 saturated carbocycles. The summed E-state index contributed by atoms with van der Waals surface area (Å²) in [5.74, 6) is 0.755. The van der Waals surface area contributed by atoms with E-state index in [2.05, 4.69) is 44.0 Å². The molecule has 1 aliphatic heterocycles. The lowest BCUT2D eigenvalue weighted by molar-refractivity contribution is 0.328. The molecule has 0 spiro atoms. The van der Waals surface area contributed by atoms with Crippen molar-refractivity contribution in [2.45, 2.75) is 46.0 Å². The lowest BCUT2D eigenvalue weighted by atomic mass is 9.94. The van der Waals surface area contributed by atoms with Crippen LogP contribution in [-0.4, -0.2) is 25.0 Å². The number of benzene rings is 1. The van der Waals surface area contributed by atoms with E-state index in [1.54, 1.807) is 11.1 Å². The van der Waals surface area contributed by atoms with E-state index in [9.17, 15) is 0 Å². The molecule has 1 aromatic carbocycles. The Kier molecular flexibility index (Phi) is 4.82. The standard InChI is InChI=1S/C17H27N/c1-14(2)12-15-8-9-16-6-4-10-18(3)11-5-7-17(16)13-15/h8-9,13-14H,4-7,10-12H2,1-3H3. The van der Waals surface area contributed by atoms with Gasteiger partial charge in [-0.15, -0.1) is 0 Å². The first-order chi connectivity index (χ1) is 8.65. The van der Waals surface area contributed by atoms with Gasteiger partial charge in [0.15, 0.2) is 0 Å². The first-order valence-electron chi connectivity index (χ1n) is 7.44. The lowest BCUT2D eigenvalue weighted by Crippen LogP contribution is -2.20. The van der Waals surface area contributed by atoms with Gasteiger partial charge < -0.3 is 4.90 Å². The molecule has 1 nitrogen and oxygen atoms in total. The van der Waals surface area contributed by atoms with Gasteiger partial charge in [0.2, 0.25) is 0 Å². The van der Waals surface area contributed by atoms with E-state index in [1.807, 2.05) is 0 Å². The van der Waals surface area contributed by atoms with Crippen LogP contribution in [0.2, 0.25) is 0 Å². The van der Waals surface area contributed by atoms with Gasteiger partial charge in [-0.25, -0.2) is 0 Å². The fraction of sp³-hybridized carbons (Fsp3) is 0.647. The van der Waals surface area contributed by atoms with E-state index in [-0.39, 0.29) is 0 Å². The number of nitrogens with zero attached hydrogens (tertiary/aromatic N) is 1. The predicted molar refractivity (Wildman–Crippen MR) is 79.1 cm³/mol. The Morgan fingerprint density at radius 1 is 1.06 bits per heavy atom. The van der Waals surface area contributed by atoms with Crippen molar-refractivity contribution in [3.63, 3.8) is 0 Å². The van der Waals surface area contributed by atoms with Crippen LogP contribution in [0.3, 0.4) is 0 Å². The van der Waals surface area contributed by atoms with E-state index in [0.717, 1.165) is 5.92 Å². The molecule has 1 aromatic rings. The smallest absolute Gasteiger partial charge is 0.00186 e. The zero-order valence-electron chi connectivity index (χ0n) is 12.2. The summed E-state index contributed by atoms with van der Waals surface area (Å²) in [6.07, 6.45) is 6.32. The van der Waals surface area contributed by atoms with Crippen LogP contribution in [-0.2, 0) is 19.3 Å². The molecule has 0 aliphatic carbocycles. The maximum absolute atomic E-state index is 2.47. The Balaban J connectivity index is 2.14. The van der Waals surface area contributed by atoms with Gasteiger partial charge in [-0.3, -0.25) is 0 Å². The van der Waals surface area contributed by atoms with E-state index in [0.29, 0.717) is 0 Å². The SMILES string of the molecule is CC(C)Cc1ccc2c(c1)CCCN(C)CCC2. The molecule has 1 heterocycles. The molecule has 18 heavy (non-hydrogen) atoms. The maximum Gasteiger partial charge on any atom is -0.00186 e. The Morgan fingerprint density at radius 3 is 2.39 bits per heavy atom. The predicted octanol–water partition coefficient (Wildman–Crippen LogP) is 3.70. The van der Waals surface area contributed by atoms with Crippen LogP contribution in [0, 0.1) is 5.92 Å². The lowest BCUT2D eigenvalue weighted by Gasteiger charge is -2.13. The maximum atomic E-state index is 2.47. The molecule has 0 atom stereocenters. The fourth-order valence-electron chi connectivity index (χ4n) is 2.94. The highest BCUT2D eigenvalue weighted by atomic mass is 15.1. The molecule has 0 N–H and O–H groups in total. The largest absolute Gasteiger partial charge is 0.306 e. The van der Waals surface area contributed by atoms with Crippen molar-refractivity contribution in [3.05, 3.63) is 34.9 Å². The number of rotatable bonds is 2. The molecule has 0 unspecified atom stereocenters. The van der Waals surface area contributed by atoms with E-state index >= 15 is 0 Å². The third-order valence-electron chi connectivity index (χ3n) is 3.89. The quantitative estimate of drug-likeness (QED) is 0.768. The van der Waals surface area contributed by atoms with Crippen LogP contribution in [0.15, 0.2) is 18.2 Å². The van der Waals surface area contributed by atoms with Crippen molar-refractivity contribution in [2.75, 3.05) is 20.1 Å². The highest BCUT2D eigenvalue weighted by Gasteiger charge is 2.09. The first kappa shape index (κ1) is 13.6. The molecule has 0 amide bonds. The highest BCUT2D eigenvalue weighted by Crippen LogP contribution is 2.19. The number of hydrogen-bond donors (Lipinski definition) is 0. The van der Waals surface area contributed by atoms with Crippen LogP contribution in [0.1, 0.15) is 43.4 Å². The summed E-state index contributed by atoms with van der Waals surface area (Å²) in [6, 6.07) is 7.21. The summed E-state index contributed by atoms with van der Waals surface area (Å²) in [4.78, 5) is 2.47. The van der Waals surface area contributed by atoms with Crippen molar-refractivity contribution in [2.24, 2.45) is 5.92 Å². The van der Waals surface area contributed by atoms with Crippen molar-refractivity contribution >= 4 is 0 Å². The molecule has 0 aromatic heterocycles. The fourth-order valence-corrected chi connectivity index (χ4v) is 2.94. The monoisotopic (exact) mass is 245 g/mol. The minimum atomic E-state index is 0.755. The molecule has 0 bridgehead atoms. The number of fused-ring (bicyclic) bond motifs is 1. The van der Waals surface area contributed by atoms with Crippen LogP contribution in [0.4, 0.5) is 0 Å². The summed E-state index contributed by atoms with van der Waals surface area (Å²) < 4.78 is 0. The summed E-state index contributed by atoms with van der Waals surface area (Å²) in [7, 11) is 2.25. The Morgan fingerprint density at radius 2 is 1.72 bits per heavy atom. The second-order valence-electron chi connectivity index (χ2n) is 6.21.